The van der Waals surface area contributed by atoms with Crippen molar-refractivity contribution in [3.8, 4) is 0 Å². The maximum atomic E-state index is 12.2. The molecule has 5 nitrogen and oxygen atoms in total. The van der Waals surface area contributed by atoms with Gasteiger partial charge in [-0.25, -0.2) is 10.5 Å². The predicted octanol–water partition coefficient (Wildman–Crippen LogP) is 0.865. The van der Waals surface area contributed by atoms with Gasteiger partial charge >= 0.3 is 6.03 Å². The first-order valence-electron chi connectivity index (χ1n) is 6.48. The highest BCUT2D eigenvalue weighted by Gasteiger charge is 2.30. The molecule has 0 saturated carbocycles. The van der Waals surface area contributed by atoms with Crippen LogP contribution in [0.15, 0.2) is 30.3 Å². The van der Waals surface area contributed by atoms with Crippen molar-refractivity contribution in [3.05, 3.63) is 35.9 Å². The number of amides is 2. The van der Waals surface area contributed by atoms with Crippen LogP contribution >= 0.6 is 0 Å². The molecule has 101 valence electrons. The van der Waals surface area contributed by atoms with E-state index in [9.17, 15) is 9.59 Å². The van der Waals surface area contributed by atoms with Crippen LogP contribution < -0.4 is 11.1 Å². The third-order valence-electron chi connectivity index (χ3n) is 3.38. The van der Waals surface area contributed by atoms with E-state index < -0.39 is 12.1 Å². The Bertz CT molecular complexity index is 447. The summed E-state index contributed by atoms with van der Waals surface area (Å²) in [5.41, 5.74) is 8.31. The molecule has 1 fully saturated rings. The monoisotopic (exact) mass is 260 g/mol. The lowest BCUT2D eigenvalue weighted by Crippen LogP contribution is -2.57. The highest BCUT2D eigenvalue weighted by Crippen LogP contribution is 2.10. The maximum Gasteiger partial charge on any atom is 0.336 e. The molecule has 19 heavy (non-hydrogen) atoms. The normalized spacial score (nSPS) is 19.2. The molecule has 1 heterocycles. The van der Waals surface area contributed by atoms with Crippen LogP contribution in [0.5, 0.6) is 0 Å². The van der Waals surface area contributed by atoms with Crippen molar-refractivity contribution < 1.29 is 9.59 Å². The zero-order valence-corrected chi connectivity index (χ0v) is 10.8. The number of Topliss-reactive ketones (excluding diaryl/α,β-unsaturated/α-hetero) is 1. The summed E-state index contributed by atoms with van der Waals surface area (Å²) >= 11 is 0. The van der Waals surface area contributed by atoms with Gasteiger partial charge in [0.25, 0.3) is 0 Å². The molecule has 1 aliphatic heterocycles. The zero-order valence-electron chi connectivity index (χ0n) is 10.8. The van der Waals surface area contributed by atoms with E-state index in [1.807, 2.05) is 30.3 Å². The molecule has 1 unspecified atom stereocenters. The van der Waals surface area contributed by atoms with Crippen molar-refractivity contribution in [2.45, 2.75) is 18.9 Å². The first-order valence-corrected chi connectivity index (χ1v) is 6.48. The predicted molar refractivity (Wildman–Crippen MR) is 71.6 cm³/mol. The Morgan fingerprint density at radius 3 is 2.74 bits per heavy atom. The number of hydrogen-bond donors (Lipinski definition) is 1. The van der Waals surface area contributed by atoms with Gasteiger partial charge in [-0.15, -0.1) is 0 Å². The number of urea groups is 1. The van der Waals surface area contributed by atoms with E-state index in [0.717, 1.165) is 5.56 Å². The van der Waals surface area contributed by atoms with E-state index in [1.54, 1.807) is 0 Å². The molecular formula is C14H18N3O2. The number of carbonyl (C=O) groups is 2. The van der Waals surface area contributed by atoms with Gasteiger partial charge in [0.15, 0.2) is 5.78 Å². The number of hydrogen-bond acceptors (Lipinski definition) is 3. The van der Waals surface area contributed by atoms with Crippen LogP contribution in [0.2, 0.25) is 0 Å². The van der Waals surface area contributed by atoms with Gasteiger partial charge in [0.1, 0.15) is 6.04 Å². The lowest BCUT2D eigenvalue weighted by molar-refractivity contribution is -0.123. The second-order valence-electron chi connectivity index (χ2n) is 4.67. The van der Waals surface area contributed by atoms with Gasteiger partial charge in [-0.1, -0.05) is 30.3 Å². The summed E-state index contributed by atoms with van der Waals surface area (Å²) in [6, 6.07) is 8.56. The fraction of sp³-hybridized carbons (Fsp3) is 0.429. The Hall–Kier alpha value is -1.88. The summed E-state index contributed by atoms with van der Waals surface area (Å²) in [5.74, 6) is 0.0247. The average molecular weight is 260 g/mol. The molecule has 0 aromatic heterocycles. The molecule has 1 aromatic rings. The SMILES string of the molecule is [NH]C(=O)N1CCNCC1C(=O)CCc1ccccc1. The third kappa shape index (κ3) is 3.54. The maximum absolute atomic E-state index is 12.2. The van der Waals surface area contributed by atoms with E-state index in [-0.39, 0.29) is 5.78 Å². The Labute approximate surface area is 112 Å². The smallest absolute Gasteiger partial charge is 0.312 e. The number of nitrogens with zero attached hydrogens (tertiary/aromatic N) is 1. The van der Waals surface area contributed by atoms with Gasteiger partial charge in [0, 0.05) is 26.1 Å². The molecule has 1 saturated heterocycles. The molecular weight excluding hydrogens is 242 g/mol. The van der Waals surface area contributed by atoms with Gasteiger partial charge in [0.05, 0.1) is 0 Å². The summed E-state index contributed by atoms with van der Waals surface area (Å²) in [6.45, 7) is 1.54. The van der Waals surface area contributed by atoms with E-state index >= 15 is 0 Å². The van der Waals surface area contributed by atoms with E-state index in [4.69, 9.17) is 5.73 Å². The first-order chi connectivity index (χ1) is 9.18. The number of rotatable bonds is 4. The van der Waals surface area contributed by atoms with Crippen molar-refractivity contribution in [3.63, 3.8) is 0 Å². The van der Waals surface area contributed by atoms with Crippen LogP contribution in [-0.4, -0.2) is 42.4 Å². The molecule has 2 N–H and O–H groups in total. The van der Waals surface area contributed by atoms with Crippen LogP contribution in [0.1, 0.15) is 12.0 Å². The summed E-state index contributed by atoms with van der Waals surface area (Å²) in [5, 5.41) is 3.10. The van der Waals surface area contributed by atoms with E-state index in [1.165, 1.54) is 4.90 Å². The van der Waals surface area contributed by atoms with Crippen molar-refractivity contribution in [1.29, 1.82) is 0 Å². The first kappa shape index (κ1) is 13.5. The van der Waals surface area contributed by atoms with Crippen molar-refractivity contribution >= 4 is 11.8 Å². The van der Waals surface area contributed by atoms with Gasteiger partial charge in [-0.05, 0) is 12.0 Å². The molecule has 1 radical (unpaired) electrons. The zero-order chi connectivity index (χ0) is 13.7. The second-order valence-corrected chi connectivity index (χ2v) is 4.67. The number of nitrogens with one attached hydrogen (secondary N) is 2. The minimum Gasteiger partial charge on any atom is -0.312 e. The molecule has 5 heteroatoms. The standard InChI is InChI=1S/C14H18N3O2/c15-14(19)17-9-8-16-10-12(17)13(18)7-6-11-4-2-1-3-5-11/h1-5,12,15-16H,6-10H2. The van der Waals surface area contributed by atoms with Crippen LogP contribution in [0, 0.1) is 0 Å². The lowest BCUT2D eigenvalue weighted by atomic mass is 10.0. The van der Waals surface area contributed by atoms with Crippen LogP contribution in [0.25, 0.3) is 0 Å². The molecule has 2 amide bonds. The van der Waals surface area contributed by atoms with E-state index in [0.29, 0.717) is 32.5 Å². The highest BCUT2D eigenvalue weighted by molar-refractivity contribution is 5.88. The number of ketones is 1. The Morgan fingerprint density at radius 1 is 1.32 bits per heavy atom. The largest absolute Gasteiger partial charge is 0.336 e. The molecule has 0 spiro atoms. The Balaban J connectivity index is 1.93. The molecule has 1 aromatic carbocycles. The quantitative estimate of drug-likeness (QED) is 0.872. The van der Waals surface area contributed by atoms with Gasteiger partial charge in [-0.3, -0.25) is 4.79 Å². The molecule has 0 aliphatic carbocycles. The summed E-state index contributed by atoms with van der Waals surface area (Å²) < 4.78 is 0. The van der Waals surface area contributed by atoms with Crippen LogP contribution in [0.4, 0.5) is 4.79 Å². The minimum absolute atomic E-state index is 0.0247. The van der Waals surface area contributed by atoms with Gasteiger partial charge < -0.3 is 10.2 Å². The van der Waals surface area contributed by atoms with Crippen molar-refractivity contribution in [2.75, 3.05) is 19.6 Å². The van der Waals surface area contributed by atoms with Crippen molar-refractivity contribution in [1.82, 2.24) is 16.0 Å². The summed E-state index contributed by atoms with van der Waals surface area (Å²) in [7, 11) is 0. The Morgan fingerprint density at radius 2 is 2.05 bits per heavy atom. The summed E-state index contributed by atoms with van der Waals surface area (Å²) in [6.07, 6.45) is 1.08. The lowest BCUT2D eigenvalue weighted by Gasteiger charge is -2.33. The highest BCUT2D eigenvalue weighted by atomic mass is 16.2. The fourth-order valence-electron chi connectivity index (χ4n) is 2.31. The number of benzene rings is 1. The fourth-order valence-corrected chi connectivity index (χ4v) is 2.31. The van der Waals surface area contributed by atoms with Crippen LogP contribution in [0.3, 0.4) is 0 Å². The molecule has 2 rings (SSSR count). The van der Waals surface area contributed by atoms with E-state index in [2.05, 4.69) is 5.32 Å². The summed E-state index contributed by atoms with van der Waals surface area (Å²) in [4.78, 5) is 24.7. The number of carbonyl (C=O) groups excluding carboxylic acids is 2. The van der Waals surface area contributed by atoms with Crippen LogP contribution in [-0.2, 0) is 11.2 Å². The van der Waals surface area contributed by atoms with Gasteiger partial charge in [0.2, 0.25) is 0 Å². The molecule has 1 aliphatic rings. The Kier molecular flexibility index (Phi) is 4.52. The number of piperazine rings is 1. The minimum atomic E-state index is -0.764. The molecule has 0 bridgehead atoms. The number of aryl methyl sites for hydroxylation is 1. The topological polar surface area (TPSA) is 73.2 Å². The third-order valence-corrected chi connectivity index (χ3v) is 3.38. The van der Waals surface area contributed by atoms with Crippen molar-refractivity contribution in [2.24, 2.45) is 0 Å². The molecule has 1 atom stereocenters. The van der Waals surface area contributed by atoms with Gasteiger partial charge in [-0.2, -0.15) is 0 Å². The second kappa shape index (κ2) is 6.33. The average Bonchev–Trinajstić information content (AvgIpc) is 2.46.